The summed E-state index contributed by atoms with van der Waals surface area (Å²) in [5.41, 5.74) is 19.7. The number of nitrogens with two attached hydrogens (primary N) is 1. The van der Waals surface area contributed by atoms with Crippen molar-refractivity contribution in [2.24, 2.45) is 17.9 Å². The molecule has 2 fully saturated rings. The number of carbonyl (C=O) groups excluding carboxylic acids is 4. The fourth-order valence-corrected chi connectivity index (χ4v) is 9.20. The van der Waals surface area contributed by atoms with Crippen LogP contribution < -0.4 is 31.9 Å². The van der Waals surface area contributed by atoms with E-state index in [-0.39, 0.29) is 48.1 Å². The Hall–Kier alpha value is -5.79. The Morgan fingerprint density at radius 1 is 1.11 bits per heavy atom. The van der Waals surface area contributed by atoms with Gasteiger partial charge in [0.25, 0.3) is 12.3 Å². The molecule has 0 saturated carbocycles. The zero-order chi connectivity index (χ0) is 44.8. The number of alkyl halides is 2. The van der Waals surface area contributed by atoms with Crippen molar-refractivity contribution in [2.75, 3.05) is 56.0 Å². The van der Waals surface area contributed by atoms with Gasteiger partial charge in [0, 0.05) is 98.5 Å². The van der Waals surface area contributed by atoms with E-state index in [1.807, 2.05) is 22.8 Å². The Bertz CT molecular complexity index is 2240. The quantitative estimate of drug-likeness (QED) is 0.0367. The molecule has 5 heterocycles. The van der Waals surface area contributed by atoms with Crippen molar-refractivity contribution >= 4 is 40.7 Å². The van der Waals surface area contributed by atoms with Crippen molar-refractivity contribution in [3.05, 3.63) is 75.9 Å². The second-order valence-corrected chi connectivity index (χ2v) is 17.0. The first-order valence-electron chi connectivity index (χ1n) is 22.0. The molecule has 4 aliphatic heterocycles. The number of hydrogen-bond donors (Lipinski definition) is 6. The minimum absolute atomic E-state index is 0.0577. The first kappa shape index (κ1) is 45.2. The number of imide groups is 1. The molecular weight excluding hydrogens is 815 g/mol. The molecule has 2 aromatic carbocycles. The van der Waals surface area contributed by atoms with Crippen molar-refractivity contribution in [1.82, 2.24) is 30.6 Å². The Kier molecular flexibility index (Phi) is 14.2. The number of fused-ring (bicyclic) bond motifs is 1. The van der Waals surface area contributed by atoms with Crippen LogP contribution in [0.25, 0.3) is 11.1 Å². The third-order valence-corrected chi connectivity index (χ3v) is 12.8. The number of hydroxylamine groups is 3. The third-order valence-electron chi connectivity index (χ3n) is 12.8. The summed E-state index contributed by atoms with van der Waals surface area (Å²) in [5, 5.41) is 33.3. The normalized spacial score (nSPS) is 21.2. The van der Waals surface area contributed by atoms with E-state index in [1.165, 1.54) is 6.07 Å². The maximum Gasteiger partial charge on any atom is 0.264 e. The molecule has 63 heavy (non-hydrogen) atoms. The molecule has 3 atom stereocenters. The Balaban J connectivity index is 0.939. The van der Waals surface area contributed by atoms with E-state index in [9.17, 15) is 33.2 Å². The zero-order valence-electron chi connectivity index (χ0n) is 35.9. The maximum absolute atomic E-state index is 14.6. The Morgan fingerprint density at radius 2 is 1.90 bits per heavy atom. The molecule has 0 bridgehead atoms. The summed E-state index contributed by atoms with van der Waals surface area (Å²) < 4.78 is 30.4. The van der Waals surface area contributed by atoms with Gasteiger partial charge >= 0.3 is 0 Å². The summed E-state index contributed by atoms with van der Waals surface area (Å²) in [4.78, 5) is 54.2. The van der Waals surface area contributed by atoms with Crippen LogP contribution in [0.4, 0.5) is 25.8 Å². The maximum atomic E-state index is 14.6. The fraction of sp³-hybridized carbons (Fsp3) is 0.523. The van der Waals surface area contributed by atoms with E-state index in [2.05, 4.69) is 31.5 Å². The number of unbranched alkanes of at least 4 members (excludes halogenated alkanes) is 1. The standard InChI is InChI=1S/C44H58F2N12O5/c1-3-58(63)21-16-33(32(26-58)42(47)57-18-7-8-27-22-30(28-24-50-55(2)25-28)31(41(45)46)23-37(27)57)51-29-14-19-56(20-15-29)39(60)11-4-5-17-49-34-9-6-10-35(54-48)40(34)44(62)52-36-12-13-38(59)53-43(36)61/h6,9-10,22-25,29,36,41-42,48-49,51H,3-5,7-8,11-21,26,47H2,1-2H3,(H,52,62)(H,53,59,61). The highest BCUT2D eigenvalue weighted by Gasteiger charge is 2.36. The van der Waals surface area contributed by atoms with Gasteiger partial charge in [0.1, 0.15) is 18.8 Å². The number of rotatable bonds is 16. The van der Waals surface area contributed by atoms with Gasteiger partial charge < -0.3 is 41.3 Å². The number of halogens is 2. The summed E-state index contributed by atoms with van der Waals surface area (Å²) >= 11 is 0. The second kappa shape index (κ2) is 19.7. The van der Waals surface area contributed by atoms with E-state index >= 15 is 0 Å². The average Bonchev–Trinajstić information content (AvgIpc) is 3.72. The number of nitrogens with one attached hydrogen (secondary N) is 5. The van der Waals surface area contributed by atoms with Crippen LogP contribution in [0.1, 0.15) is 92.6 Å². The van der Waals surface area contributed by atoms with Gasteiger partial charge in [0.15, 0.2) is 0 Å². The van der Waals surface area contributed by atoms with Crippen molar-refractivity contribution in [1.29, 1.82) is 5.53 Å². The van der Waals surface area contributed by atoms with Crippen LogP contribution in [0, 0.1) is 10.7 Å². The molecule has 0 radical (unpaired) electrons. The van der Waals surface area contributed by atoms with E-state index in [4.69, 9.17) is 11.3 Å². The van der Waals surface area contributed by atoms with Gasteiger partial charge in [-0.2, -0.15) is 10.2 Å². The number of aromatic nitrogens is 2. The first-order chi connectivity index (χ1) is 30.3. The summed E-state index contributed by atoms with van der Waals surface area (Å²) in [6.07, 6.45) is 5.27. The van der Waals surface area contributed by atoms with E-state index in [0.717, 1.165) is 29.7 Å². The largest absolute Gasteiger partial charge is 0.633 e. The number of anilines is 2. The topological polar surface area (TPSA) is 226 Å². The van der Waals surface area contributed by atoms with Crippen LogP contribution >= 0.6 is 0 Å². The number of likely N-dealkylation sites (N-methyl/N-ethyl adjacent to an activating group) is 1. The van der Waals surface area contributed by atoms with Crippen molar-refractivity contribution in [3.8, 4) is 11.1 Å². The summed E-state index contributed by atoms with van der Waals surface area (Å²) in [6, 6.07) is 7.49. The predicted octanol–water partition coefficient (Wildman–Crippen LogP) is 5.11. The summed E-state index contributed by atoms with van der Waals surface area (Å²) in [6.45, 7) is 5.04. The van der Waals surface area contributed by atoms with Gasteiger partial charge in [-0.05, 0) is 87.3 Å². The number of amides is 4. The smallest absolute Gasteiger partial charge is 0.264 e. The fourth-order valence-electron chi connectivity index (χ4n) is 9.20. The second-order valence-electron chi connectivity index (χ2n) is 17.0. The lowest BCUT2D eigenvalue weighted by Gasteiger charge is -2.49. The van der Waals surface area contributed by atoms with E-state index in [0.29, 0.717) is 100 Å². The van der Waals surface area contributed by atoms with Crippen LogP contribution in [0.2, 0.25) is 0 Å². The van der Waals surface area contributed by atoms with Crippen LogP contribution in [0.5, 0.6) is 0 Å². The molecular formula is C44H58F2N12O5. The molecule has 0 aliphatic carbocycles. The van der Waals surface area contributed by atoms with Crippen molar-refractivity contribution in [3.63, 3.8) is 0 Å². The highest BCUT2D eigenvalue weighted by Crippen LogP contribution is 2.40. The zero-order valence-corrected chi connectivity index (χ0v) is 35.9. The summed E-state index contributed by atoms with van der Waals surface area (Å²) in [5.74, 6) is -1.50. The monoisotopic (exact) mass is 872 g/mol. The van der Waals surface area contributed by atoms with Gasteiger partial charge in [-0.1, -0.05) is 6.07 Å². The van der Waals surface area contributed by atoms with Gasteiger partial charge in [-0.15, -0.1) is 0 Å². The molecule has 0 spiro atoms. The Morgan fingerprint density at radius 3 is 2.60 bits per heavy atom. The van der Waals surface area contributed by atoms with E-state index in [1.54, 1.807) is 42.3 Å². The number of hydrogen-bond acceptors (Lipinski definition) is 12. The number of nitrogens with zero attached hydrogens (tertiary/aromatic N) is 6. The van der Waals surface area contributed by atoms with Crippen LogP contribution in [0.15, 0.2) is 59.1 Å². The average molecular weight is 873 g/mol. The third kappa shape index (κ3) is 10.4. The van der Waals surface area contributed by atoms with Crippen molar-refractivity contribution < 1.29 is 32.6 Å². The number of carbonyl (C=O) groups is 4. The predicted molar refractivity (Wildman–Crippen MR) is 233 cm³/mol. The molecule has 1 aromatic heterocycles. The molecule has 19 heteroatoms. The minimum Gasteiger partial charge on any atom is -0.633 e. The van der Waals surface area contributed by atoms with Gasteiger partial charge in [-0.3, -0.25) is 29.2 Å². The molecule has 2 saturated heterocycles. The van der Waals surface area contributed by atoms with Crippen LogP contribution in [-0.4, -0.2) is 107 Å². The van der Waals surface area contributed by atoms with Gasteiger partial charge in [0.2, 0.25) is 17.7 Å². The number of quaternary nitrogens is 1. The molecule has 7 rings (SSSR count). The molecule has 7 N–H and O–H groups in total. The highest BCUT2D eigenvalue weighted by atomic mass is 19.3. The van der Waals surface area contributed by atoms with Gasteiger partial charge in [-0.25, -0.2) is 14.3 Å². The lowest BCUT2D eigenvalue weighted by atomic mass is 9.91. The Labute approximate surface area is 365 Å². The van der Waals surface area contributed by atoms with Gasteiger partial charge in [0.05, 0.1) is 30.5 Å². The lowest BCUT2D eigenvalue weighted by Crippen LogP contribution is -2.56. The summed E-state index contributed by atoms with van der Waals surface area (Å²) in [7, 11) is 1.75. The number of aryl methyl sites for hydroxylation is 2. The minimum atomic E-state index is -2.71. The first-order valence-corrected chi connectivity index (χ1v) is 22.0. The van der Waals surface area contributed by atoms with Crippen molar-refractivity contribution in [2.45, 2.75) is 95.8 Å². The van der Waals surface area contributed by atoms with Crippen LogP contribution in [0.3, 0.4) is 0 Å². The molecule has 3 aromatic rings. The molecule has 3 unspecified atom stereocenters. The highest BCUT2D eigenvalue weighted by molar-refractivity contribution is 6.08. The van der Waals surface area contributed by atoms with Crippen LogP contribution in [-0.2, 0) is 27.9 Å². The SMILES string of the molecule is CC[N+]1([O-])CCC(NC2CCN(C(=O)CCCCNc3cccc(N=N)c3C(=O)NC3CCC(=O)NC3=O)CC2)=C(C(N)N2CCCc3cc(-c4cnn(C)c4)c(C(F)F)cc32)C1. The molecule has 338 valence electrons. The number of likely N-dealkylation sites (tertiary alicyclic amines) is 1. The molecule has 4 amide bonds. The van der Waals surface area contributed by atoms with E-state index < -0.39 is 41.0 Å². The lowest BCUT2D eigenvalue weighted by molar-refractivity contribution is -0.876. The number of piperidine rings is 2. The molecule has 17 nitrogen and oxygen atoms in total. The number of benzene rings is 2. The molecule has 4 aliphatic rings.